The van der Waals surface area contributed by atoms with Gasteiger partial charge in [-0.3, -0.25) is 14.5 Å². The Kier molecular flexibility index (Phi) is 4.68. The molecule has 124 valence electrons. The Hall–Kier alpha value is -2.44. The number of para-hydroxylation sites is 1. The molecule has 1 aliphatic heterocycles. The summed E-state index contributed by atoms with van der Waals surface area (Å²) in [5.74, 6) is -1.45. The fourth-order valence-corrected chi connectivity index (χ4v) is 2.74. The van der Waals surface area contributed by atoms with E-state index in [1.165, 1.54) is 18.2 Å². The highest BCUT2D eigenvalue weighted by Crippen LogP contribution is 2.25. The summed E-state index contributed by atoms with van der Waals surface area (Å²) in [6.07, 6.45) is 0.475. The van der Waals surface area contributed by atoms with Gasteiger partial charge in [-0.25, -0.2) is 9.18 Å². The Morgan fingerprint density at radius 3 is 2.61 bits per heavy atom. The highest BCUT2D eigenvalue weighted by Gasteiger charge is 2.48. The molecule has 0 aliphatic carbocycles. The van der Waals surface area contributed by atoms with E-state index in [0.29, 0.717) is 6.42 Å². The number of amides is 4. The van der Waals surface area contributed by atoms with E-state index >= 15 is 0 Å². The molecule has 2 rings (SSSR count). The van der Waals surface area contributed by atoms with Crippen molar-refractivity contribution in [2.45, 2.75) is 32.7 Å². The lowest BCUT2D eigenvalue weighted by molar-refractivity contribution is -0.133. The lowest BCUT2D eigenvalue weighted by Crippen LogP contribution is -2.45. The Bertz CT molecular complexity index is 647. The molecule has 0 radical (unpaired) electrons. The van der Waals surface area contributed by atoms with Crippen LogP contribution in [-0.2, 0) is 9.59 Å². The Morgan fingerprint density at radius 2 is 2.00 bits per heavy atom. The van der Waals surface area contributed by atoms with Crippen molar-refractivity contribution in [1.29, 1.82) is 0 Å². The molecular weight excluding hydrogens is 301 g/mol. The second-order valence-corrected chi connectivity index (χ2v) is 6.28. The van der Waals surface area contributed by atoms with Crippen LogP contribution in [0.5, 0.6) is 0 Å². The van der Waals surface area contributed by atoms with Gasteiger partial charge in [-0.05, 0) is 31.4 Å². The fraction of sp³-hybridized carbons (Fsp3) is 0.438. The summed E-state index contributed by atoms with van der Waals surface area (Å²) in [5.41, 5.74) is -1.00. The Morgan fingerprint density at radius 1 is 1.35 bits per heavy atom. The summed E-state index contributed by atoms with van der Waals surface area (Å²) in [5, 5.41) is 4.98. The molecule has 23 heavy (non-hydrogen) atoms. The molecule has 0 saturated carbocycles. The maximum atomic E-state index is 13.5. The Balaban J connectivity index is 2.05. The van der Waals surface area contributed by atoms with Crippen LogP contribution in [0.25, 0.3) is 0 Å². The first-order valence-corrected chi connectivity index (χ1v) is 7.41. The molecule has 1 saturated heterocycles. The van der Waals surface area contributed by atoms with Gasteiger partial charge in [-0.1, -0.05) is 26.0 Å². The van der Waals surface area contributed by atoms with Crippen LogP contribution < -0.4 is 10.6 Å². The summed E-state index contributed by atoms with van der Waals surface area (Å²) in [7, 11) is 0. The van der Waals surface area contributed by atoms with Crippen molar-refractivity contribution >= 4 is 23.5 Å². The van der Waals surface area contributed by atoms with Gasteiger partial charge in [0, 0.05) is 0 Å². The van der Waals surface area contributed by atoms with Crippen LogP contribution in [-0.4, -0.2) is 34.8 Å². The molecule has 6 nitrogen and oxygen atoms in total. The fourth-order valence-electron chi connectivity index (χ4n) is 2.74. The summed E-state index contributed by atoms with van der Waals surface area (Å²) in [6.45, 7) is 5.07. The molecule has 1 aromatic carbocycles. The summed E-state index contributed by atoms with van der Waals surface area (Å²) in [4.78, 5) is 37.2. The molecule has 0 unspecified atom stereocenters. The second-order valence-electron chi connectivity index (χ2n) is 6.28. The predicted molar refractivity (Wildman–Crippen MR) is 83.1 cm³/mol. The number of rotatable bonds is 5. The SMILES string of the molecule is CC(C)C[C@]1(C)NC(=O)N(CC(=O)Nc2ccccc2F)C1=O. The standard InChI is InChI=1S/C16H20FN3O3/c1-10(2)8-16(3)14(22)20(15(23)19-16)9-13(21)18-12-7-5-4-6-11(12)17/h4-7,10H,8-9H2,1-3H3,(H,18,21)(H,19,23)/t16-/m0/s1. The number of nitrogens with one attached hydrogen (secondary N) is 2. The molecular formula is C16H20FN3O3. The molecule has 0 spiro atoms. The number of halogens is 1. The lowest BCUT2D eigenvalue weighted by atomic mass is 9.91. The first kappa shape index (κ1) is 16.9. The van der Waals surface area contributed by atoms with Gasteiger partial charge in [0.25, 0.3) is 5.91 Å². The zero-order valence-electron chi connectivity index (χ0n) is 13.4. The van der Waals surface area contributed by atoms with Gasteiger partial charge in [0.15, 0.2) is 0 Å². The monoisotopic (exact) mass is 321 g/mol. The largest absolute Gasteiger partial charge is 0.325 e. The quantitative estimate of drug-likeness (QED) is 0.815. The van der Waals surface area contributed by atoms with Gasteiger partial charge in [0.1, 0.15) is 17.9 Å². The van der Waals surface area contributed by atoms with Crippen LogP contribution in [0.3, 0.4) is 0 Å². The highest BCUT2D eigenvalue weighted by molar-refractivity contribution is 6.09. The van der Waals surface area contributed by atoms with E-state index in [9.17, 15) is 18.8 Å². The molecule has 2 N–H and O–H groups in total. The van der Waals surface area contributed by atoms with Crippen LogP contribution in [0.15, 0.2) is 24.3 Å². The number of hydrogen-bond acceptors (Lipinski definition) is 3. The number of hydrogen-bond donors (Lipinski definition) is 2. The van der Waals surface area contributed by atoms with E-state index in [1.54, 1.807) is 13.0 Å². The van der Waals surface area contributed by atoms with Crippen LogP contribution in [0.4, 0.5) is 14.9 Å². The van der Waals surface area contributed by atoms with Gasteiger partial charge in [0.2, 0.25) is 5.91 Å². The Labute approximate surface area is 134 Å². The zero-order valence-corrected chi connectivity index (χ0v) is 13.4. The van der Waals surface area contributed by atoms with Gasteiger partial charge >= 0.3 is 6.03 Å². The lowest BCUT2D eigenvalue weighted by Gasteiger charge is -2.23. The number of urea groups is 1. The second kappa shape index (κ2) is 6.36. The van der Waals surface area contributed by atoms with Crippen molar-refractivity contribution in [3.63, 3.8) is 0 Å². The average molecular weight is 321 g/mol. The number of anilines is 1. The number of nitrogens with zero attached hydrogens (tertiary/aromatic N) is 1. The van der Waals surface area contributed by atoms with E-state index in [2.05, 4.69) is 10.6 Å². The van der Waals surface area contributed by atoms with Crippen molar-refractivity contribution in [3.05, 3.63) is 30.1 Å². The molecule has 0 aromatic heterocycles. The van der Waals surface area contributed by atoms with E-state index in [4.69, 9.17) is 0 Å². The van der Waals surface area contributed by atoms with Crippen LogP contribution in [0, 0.1) is 11.7 Å². The third kappa shape index (κ3) is 3.67. The van der Waals surface area contributed by atoms with Gasteiger partial charge in [-0.15, -0.1) is 0 Å². The molecule has 4 amide bonds. The minimum Gasteiger partial charge on any atom is -0.323 e. The van der Waals surface area contributed by atoms with Crippen molar-refractivity contribution in [1.82, 2.24) is 10.2 Å². The third-order valence-corrected chi connectivity index (χ3v) is 3.61. The maximum absolute atomic E-state index is 13.5. The van der Waals surface area contributed by atoms with Gasteiger partial charge in [-0.2, -0.15) is 0 Å². The first-order valence-electron chi connectivity index (χ1n) is 7.41. The topological polar surface area (TPSA) is 78.5 Å². The van der Waals surface area contributed by atoms with E-state index in [-0.39, 0.29) is 11.6 Å². The maximum Gasteiger partial charge on any atom is 0.325 e. The van der Waals surface area contributed by atoms with Crippen molar-refractivity contribution in [3.8, 4) is 0 Å². The number of carbonyl (C=O) groups is 3. The summed E-state index contributed by atoms with van der Waals surface area (Å²) >= 11 is 0. The average Bonchev–Trinajstić information content (AvgIpc) is 2.64. The summed E-state index contributed by atoms with van der Waals surface area (Å²) in [6, 6.07) is 5.08. The molecule has 1 heterocycles. The minimum absolute atomic E-state index is 0.00879. The first-order chi connectivity index (χ1) is 10.7. The van der Waals surface area contributed by atoms with Crippen LogP contribution >= 0.6 is 0 Å². The van der Waals surface area contributed by atoms with Crippen molar-refractivity contribution < 1.29 is 18.8 Å². The van der Waals surface area contributed by atoms with E-state index in [1.807, 2.05) is 13.8 Å². The minimum atomic E-state index is -1.01. The highest BCUT2D eigenvalue weighted by atomic mass is 19.1. The third-order valence-electron chi connectivity index (χ3n) is 3.61. The molecule has 7 heteroatoms. The van der Waals surface area contributed by atoms with Gasteiger partial charge < -0.3 is 10.6 Å². The normalized spacial score (nSPS) is 20.8. The van der Waals surface area contributed by atoms with Crippen LogP contribution in [0.1, 0.15) is 27.2 Å². The molecule has 1 aliphatic rings. The predicted octanol–water partition coefficient (Wildman–Crippen LogP) is 2.12. The smallest absolute Gasteiger partial charge is 0.323 e. The molecule has 1 aromatic rings. The van der Waals surface area contributed by atoms with Gasteiger partial charge in [0.05, 0.1) is 5.69 Å². The summed E-state index contributed by atoms with van der Waals surface area (Å²) < 4.78 is 13.5. The number of carbonyl (C=O) groups excluding carboxylic acids is 3. The van der Waals surface area contributed by atoms with Crippen molar-refractivity contribution in [2.24, 2.45) is 5.92 Å². The molecule has 1 fully saturated rings. The number of imide groups is 1. The molecule has 0 bridgehead atoms. The molecule has 1 atom stereocenters. The van der Waals surface area contributed by atoms with E-state index < -0.39 is 35.7 Å². The van der Waals surface area contributed by atoms with E-state index in [0.717, 1.165) is 4.90 Å². The van der Waals surface area contributed by atoms with Crippen molar-refractivity contribution in [2.75, 3.05) is 11.9 Å². The van der Waals surface area contributed by atoms with Crippen LogP contribution in [0.2, 0.25) is 0 Å². The zero-order chi connectivity index (χ0) is 17.2. The number of benzene rings is 1.